The van der Waals surface area contributed by atoms with Crippen molar-refractivity contribution in [1.82, 2.24) is 14.5 Å². The summed E-state index contributed by atoms with van der Waals surface area (Å²) in [6.07, 6.45) is 5.83. The molecule has 0 fully saturated rings. The van der Waals surface area contributed by atoms with Crippen LogP contribution in [0.5, 0.6) is 0 Å². The van der Waals surface area contributed by atoms with E-state index in [0.29, 0.717) is 5.88 Å². The van der Waals surface area contributed by atoms with E-state index in [-0.39, 0.29) is 0 Å². The molecule has 0 aliphatic rings. The molecule has 5 heteroatoms. The van der Waals surface area contributed by atoms with Gasteiger partial charge in [0, 0.05) is 12.2 Å². The van der Waals surface area contributed by atoms with Gasteiger partial charge < -0.3 is 4.57 Å². The Bertz CT molecular complexity index is 539. The second-order valence-corrected chi connectivity index (χ2v) is 5.91. The molecule has 2 aromatic rings. The van der Waals surface area contributed by atoms with Crippen LogP contribution in [0.15, 0.2) is 12.1 Å². The highest BCUT2D eigenvalue weighted by atomic mass is 35.5. The molecule has 19 heavy (non-hydrogen) atoms. The minimum absolute atomic E-state index is 0.445. The summed E-state index contributed by atoms with van der Waals surface area (Å²) < 4.78 is 2.18. The monoisotopic (exact) mass is 297 g/mol. The molecule has 0 saturated heterocycles. The Morgan fingerprint density at radius 2 is 2.05 bits per heavy atom. The van der Waals surface area contributed by atoms with E-state index in [1.54, 1.807) is 0 Å². The summed E-state index contributed by atoms with van der Waals surface area (Å²) in [6, 6.07) is 4.02. The van der Waals surface area contributed by atoms with Gasteiger partial charge in [-0.25, -0.2) is 9.97 Å². The molecular formula is C14H20ClN3S. The van der Waals surface area contributed by atoms with Crippen LogP contribution in [-0.4, -0.2) is 26.5 Å². The Morgan fingerprint density at radius 3 is 2.79 bits per heavy atom. The van der Waals surface area contributed by atoms with Crippen molar-refractivity contribution in [3.05, 3.63) is 23.7 Å². The van der Waals surface area contributed by atoms with Crippen molar-refractivity contribution in [3.8, 4) is 0 Å². The summed E-state index contributed by atoms with van der Waals surface area (Å²) in [6.45, 7) is 2.97. The molecule has 3 nitrogen and oxygen atoms in total. The molecule has 0 radical (unpaired) electrons. The number of rotatable bonds is 7. The van der Waals surface area contributed by atoms with Gasteiger partial charge in [-0.2, -0.15) is 11.8 Å². The Balaban J connectivity index is 2.13. The highest BCUT2D eigenvalue weighted by Gasteiger charge is 2.10. The molecule has 0 atom stereocenters. The molecule has 0 spiro atoms. The number of pyridine rings is 1. The summed E-state index contributed by atoms with van der Waals surface area (Å²) in [5, 5.41) is 0. The van der Waals surface area contributed by atoms with Gasteiger partial charge in [0.2, 0.25) is 0 Å². The molecule has 0 aliphatic carbocycles. The maximum atomic E-state index is 5.99. The van der Waals surface area contributed by atoms with Gasteiger partial charge in [0.05, 0.1) is 5.88 Å². The zero-order chi connectivity index (χ0) is 13.7. The van der Waals surface area contributed by atoms with Crippen LogP contribution in [0.2, 0.25) is 0 Å². The fraction of sp³-hybridized carbons (Fsp3) is 0.571. The van der Waals surface area contributed by atoms with E-state index < -0.39 is 0 Å². The molecule has 2 rings (SSSR count). The maximum absolute atomic E-state index is 5.99. The highest BCUT2D eigenvalue weighted by molar-refractivity contribution is 7.98. The lowest BCUT2D eigenvalue weighted by molar-refractivity contribution is 0.599. The standard InChI is InChI=1S/C14H20ClN3S/c1-11-6-7-12-14(16-11)18(13(10-15)17-12)8-4-3-5-9-19-2/h6-7H,3-5,8-10H2,1-2H3. The number of thioether (sulfide) groups is 1. The number of alkyl halides is 1. The van der Waals surface area contributed by atoms with Gasteiger partial charge in [-0.1, -0.05) is 6.42 Å². The first-order valence-corrected chi connectivity index (χ1v) is 8.56. The number of hydrogen-bond acceptors (Lipinski definition) is 3. The third kappa shape index (κ3) is 3.63. The maximum Gasteiger partial charge on any atom is 0.160 e. The number of aromatic nitrogens is 3. The topological polar surface area (TPSA) is 30.7 Å². The smallest absolute Gasteiger partial charge is 0.160 e. The Kier molecular flexibility index (Phi) is 5.52. The number of unbranched alkanes of at least 4 members (excludes halogenated alkanes) is 2. The molecule has 0 aromatic carbocycles. The predicted octanol–water partition coefficient (Wildman–Crippen LogP) is 4.01. The van der Waals surface area contributed by atoms with Crippen LogP contribution in [0.1, 0.15) is 30.8 Å². The van der Waals surface area contributed by atoms with Crippen molar-refractivity contribution in [2.45, 2.75) is 38.6 Å². The van der Waals surface area contributed by atoms with Crippen LogP contribution in [0, 0.1) is 6.92 Å². The van der Waals surface area contributed by atoms with Crippen molar-refractivity contribution in [2.75, 3.05) is 12.0 Å². The first-order chi connectivity index (χ1) is 9.26. The average molecular weight is 298 g/mol. The van der Waals surface area contributed by atoms with Gasteiger partial charge >= 0.3 is 0 Å². The van der Waals surface area contributed by atoms with Gasteiger partial charge in [-0.3, -0.25) is 0 Å². The van der Waals surface area contributed by atoms with Gasteiger partial charge in [0.15, 0.2) is 5.65 Å². The summed E-state index contributed by atoms with van der Waals surface area (Å²) in [5.74, 6) is 2.62. The summed E-state index contributed by atoms with van der Waals surface area (Å²) in [5.41, 5.74) is 2.95. The fourth-order valence-electron chi connectivity index (χ4n) is 2.17. The number of imidazole rings is 1. The van der Waals surface area contributed by atoms with Crippen molar-refractivity contribution in [2.24, 2.45) is 0 Å². The first kappa shape index (κ1) is 14.7. The third-order valence-corrected chi connectivity index (χ3v) is 4.10. The van der Waals surface area contributed by atoms with Crippen LogP contribution < -0.4 is 0 Å². The van der Waals surface area contributed by atoms with Gasteiger partial charge in [-0.05, 0) is 43.9 Å². The van der Waals surface area contributed by atoms with Gasteiger partial charge in [-0.15, -0.1) is 11.6 Å². The van der Waals surface area contributed by atoms with Gasteiger partial charge in [0.25, 0.3) is 0 Å². The van der Waals surface area contributed by atoms with Crippen LogP contribution in [0.3, 0.4) is 0 Å². The predicted molar refractivity (Wildman–Crippen MR) is 84.1 cm³/mol. The molecular weight excluding hydrogens is 278 g/mol. The number of nitrogens with zero attached hydrogens (tertiary/aromatic N) is 3. The number of hydrogen-bond donors (Lipinski definition) is 0. The van der Waals surface area contributed by atoms with E-state index in [1.165, 1.54) is 18.6 Å². The fourth-order valence-corrected chi connectivity index (χ4v) is 2.87. The lowest BCUT2D eigenvalue weighted by atomic mass is 10.2. The molecule has 0 N–H and O–H groups in total. The Hall–Kier alpha value is -0.740. The minimum Gasteiger partial charge on any atom is -0.312 e. The molecule has 0 amide bonds. The SMILES string of the molecule is CSCCCCCn1c(CCl)nc2ccc(C)nc21. The van der Waals surface area contributed by atoms with E-state index in [2.05, 4.69) is 20.8 Å². The molecule has 0 aliphatic heterocycles. The van der Waals surface area contributed by atoms with E-state index in [4.69, 9.17) is 11.6 Å². The lowest BCUT2D eigenvalue weighted by Crippen LogP contribution is -2.04. The van der Waals surface area contributed by atoms with Crippen molar-refractivity contribution in [3.63, 3.8) is 0 Å². The molecule has 2 heterocycles. The van der Waals surface area contributed by atoms with Crippen molar-refractivity contribution >= 4 is 34.5 Å². The highest BCUT2D eigenvalue weighted by Crippen LogP contribution is 2.17. The van der Waals surface area contributed by atoms with Crippen LogP contribution in [-0.2, 0) is 12.4 Å². The number of fused-ring (bicyclic) bond motifs is 1. The van der Waals surface area contributed by atoms with Crippen LogP contribution >= 0.6 is 23.4 Å². The first-order valence-electron chi connectivity index (χ1n) is 6.64. The summed E-state index contributed by atoms with van der Waals surface area (Å²) >= 11 is 7.90. The van der Waals surface area contributed by atoms with E-state index in [1.807, 2.05) is 30.8 Å². The average Bonchev–Trinajstić information content (AvgIpc) is 2.76. The van der Waals surface area contributed by atoms with Gasteiger partial charge in [0.1, 0.15) is 11.3 Å². The molecule has 104 valence electrons. The Labute approximate surface area is 123 Å². The second kappa shape index (κ2) is 7.15. The minimum atomic E-state index is 0.445. The number of halogens is 1. The van der Waals surface area contributed by atoms with E-state index in [0.717, 1.165) is 35.6 Å². The van der Waals surface area contributed by atoms with Crippen molar-refractivity contribution < 1.29 is 0 Å². The van der Waals surface area contributed by atoms with Crippen LogP contribution in [0.4, 0.5) is 0 Å². The normalized spacial score (nSPS) is 11.3. The number of aryl methyl sites for hydroxylation is 2. The Morgan fingerprint density at radius 1 is 1.21 bits per heavy atom. The van der Waals surface area contributed by atoms with E-state index >= 15 is 0 Å². The zero-order valence-corrected chi connectivity index (χ0v) is 13.1. The second-order valence-electron chi connectivity index (χ2n) is 4.66. The summed E-state index contributed by atoms with van der Waals surface area (Å²) in [4.78, 5) is 9.15. The quantitative estimate of drug-likeness (QED) is 0.571. The third-order valence-electron chi connectivity index (χ3n) is 3.16. The van der Waals surface area contributed by atoms with Crippen LogP contribution in [0.25, 0.3) is 11.2 Å². The largest absolute Gasteiger partial charge is 0.312 e. The zero-order valence-electron chi connectivity index (χ0n) is 11.5. The van der Waals surface area contributed by atoms with E-state index in [9.17, 15) is 0 Å². The lowest BCUT2D eigenvalue weighted by Gasteiger charge is -2.07. The molecule has 0 unspecified atom stereocenters. The molecule has 0 bridgehead atoms. The summed E-state index contributed by atoms with van der Waals surface area (Å²) in [7, 11) is 0. The van der Waals surface area contributed by atoms with Crippen molar-refractivity contribution in [1.29, 1.82) is 0 Å². The molecule has 0 saturated carbocycles. The molecule has 2 aromatic heterocycles.